The van der Waals surface area contributed by atoms with E-state index in [0.717, 1.165) is 25.7 Å². The van der Waals surface area contributed by atoms with E-state index < -0.39 is 139 Å². The highest BCUT2D eigenvalue weighted by atomic mass is 16.8. The number of allylic oxidation sites excluding steroid dienone is 1. The van der Waals surface area contributed by atoms with Crippen LogP contribution >= 0.6 is 0 Å². The van der Waals surface area contributed by atoms with Crippen LogP contribution in [0, 0.1) is 50.2 Å². The summed E-state index contributed by atoms with van der Waals surface area (Å²) in [7, 11) is 1.74. The van der Waals surface area contributed by atoms with Crippen LogP contribution in [-0.2, 0) is 33.2 Å². The predicted molar refractivity (Wildman–Crippen MR) is 238 cm³/mol. The van der Waals surface area contributed by atoms with Crippen LogP contribution in [0.1, 0.15) is 99.8 Å². The zero-order chi connectivity index (χ0) is 49.8. The lowest BCUT2D eigenvalue weighted by atomic mass is 9.32. The topological polar surface area (TPSA) is 307 Å². The number of aliphatic hydroxyl groups is 12. The lowest BCUT2D eigenvalue weighted by Gasteiger charge is -2.73. The number of fused-ring (bicyclic) bond motifs is 7. The molecule has 0 radical (unpaired) electrons. The van der Waals surface area contributed by atoms with E-state index in [4.69, 9.17) is 33.2 Å². The fourth-order valence-electron chi connectivity index (χ4n) is 15.5. The Balaban J connectivity index is 1.13. The minimum atomic E-state index is -1.90. The summed E-state index contributed by atoms with van der Waals surface area (Å²) in [5.74, 6) is -0.255. The Labute approximate surface area is 399 Å². The third-order valence-electron chi connectivity index (χ3n) is 19.8. The third kappa shape index (κ3) is 8.12. The summed E-state index contributed by atoms with van der Waals surface area (Å²) in [6, 6.07) is 0. The van der Waals surface area contributed by atoms with E-state index in [-0.39, 0.29) is 47.9 Å². The normalized spacial score (nSPS) is 55.8. The van der Waals surface area contributed by atoms with Crippen molar-refractivity contribution >= 4 is 0 Å². The van der Waals surface area contributed by atoms with Crippen LogP contribution in [0.2, 0.25) is 0 Å². The first-order valence-corrected chi connectivity index (χ1v) is 24.9. The van der Waals surface area contributed by atoms with Gasteiger partial charge in [-0.15, -0.1) is 0 Å². The minimum Gasteiger partial charge on any atom is -0.396 e. The molecule has 8 aliphatic rings. The number of aliphatic hydroxyl groups excluding tert-OH is 12. The molecule has 4 saturated carbocycles. The molecule has 0 amide bonds. The van der Waals surface area contributed by atoms with Crippen LogP contribution in [-0.4, -0.2) is 205 Å². The van der Waals surface area contributed by atoms with Crippen molar-refractivity contribution in [3.05, 3.63) is 11.6 Å². The standard InChI is InChI=1S/C49H82O19/c1-22-31(55)38(67-41-36(60)34(58)32(56)26(18-50)64-41)39(68-42-37(61)35(59)33(57)27(19-51)65-42)43(63-22)66-30-10-11-45(4)28(46(30,5)20-52)9-12-47(6)40(45)25(62-8)15-23-24-16-44(2,3)13-14-49(24,21-53)29(54)17-48(23,47)7/h15,22,24-43,50-61H,9-14,16-21H2,1-8H3/t22-,24-,25-,26-,27-,28-,29+,30+,31+,32-,33-,34+,35+,36-,37-,38+,39-,40-,41+,42+,43+,45+,46+,47-,48-,49-/m1/s1. The maximum atomic E-state index is 12.2. The largest absolute Gasteiger partial charge is 0.396 e. The number of methoxy groups -OCH3 is 1. The second kappa shape index (κ2) is 19.0. The number of ether oxygens (including phenoxy) is 7. The minimum absolute atomic E-state index is 0.0241. The highest BCUT2D eigenvalue weighted by molar-refractivity contribution is 5.37. The molecular weight excluding hydrogens is 893 g/mol. The second-order valence-corrected chi connectivity index (χ2v) is 23.8. The van der Waals surface area contributed by atoms with E-state index >= 15 is 0 Å². The summed E-state index contributed by atoms with van der Waals surface area (Å²) in [5, 5.41) is 131. The molecular formula is C49H82O19. The maximum absolute atomic E-state index is 12.2. The molecule has 3 heterocycles. The molecule has 0 bridgehead atoms. The Hall–Kier alpha value is -1.02. The maximum Gasteiger partial charge on any atom is 0.187 e. The van der Waals surface area contributed by atoms with Crippen molar-refractivity contribution in [2.75, 3.05) is 33.5 Å². The molecule has 0 aromatic heterocycles. The molecule has 3 saturated heterocycles. The summed E-state index contributed by atoms with van der Waals surface area (Å²) in [4.78, 5) is 0. The molecule has 0 unspecified atom stereocenters. The molecule has 8 rings (SSSR count). The molecule has 19 heteroatoms. The number of hydrogen-bond donors (Lipinski definition) is 12. The van der Waals surface area contributed by atoms with Gasteiger partial charge in [-0.1, -0.05) is 53.2 Å². The number of hydrogen-bond acceptors (Lipinski definition) is 19. The molecule has 0 spiro atoms. The van der Waals surface area contributed by atoms with Crippen LogP contribution in [0.3, 0.4) is 0 Å². The zero-order valence-corrected chi connectivity index (χ0v) is 40.9. The van der Waals surface area contributed by atoms with Crippen molar-refractivity contribution in [2.45, 2.75) is 210 Å². The Morgan fingerprint density at radius 3 is 1.75 bits per heavy atom. The lowest BCUT2D eigenvalue weighted by molar-refractivity contribution is -0.398. The van der Waals surface area contributed by atoms with E-state index in [0.29, 0.717) is 25.7 Å². The zero-order valence-electron chi connectivity index (χ0n) is 40.9. The van der Waals surface area contributed by atoms with Gasteiger partial charge >= 0.3 is 0 Å². The van der Waals surface area contributed by atoms with Crippen molar-refractivity contribution in [3.63, 3.8) is 0 Å². The number of rotatable bonds is 11. The molecule has 68 heavy (non-hydrogen) atoms. The molecule has 0 aromatic carbocycles. The summed E-state index contributed by atoms with van der Waals surface area (Å²) in [6.45, 7) is 13.1. The van der Waals surface area contributed by atoms with Gasteiger partial charge < -0.3 is 94.4 Å². The third-order valence-corrected chi connectivity index (χ3v) is 19.8. The average molecular weight is 975 g/mol. The highest BCUT2D eigenvalue weighted by Gasteiger charge is 2.72. The van der Waals surface area contributed by atoms with Gasteiger partial charge in [0.05, 0.1) is 50.8 Å². The highest BCUT2D eigenvalue weighted by Crippen LogP contribution is 2.76. The van der Waals surface area contributed by atoms with Gasteiger partial charge in [0.25, 0.3) is 0 Å². The van der Waals surface area contributed by atoms with E-state index in [1.807, 2.05) is 6.92 Å². The quantitative estimate of drug-likeness (QED) is 0.0892. The molecule has 19 nitrogen and oxygen atoms in total. The summed E-state index contributed by atoms with van der Waals surface area (Å²) < 4.78 is 43.8. The molecule has 5 aliphatic carbocycles. The van der Waals surface area contributed by atoms with E-state index in [1.54, 1.807) is 7.11 Å². The van der Waals surface area contributed by atoms with Gasteiger partial charge in [0.15, 0.2) is 18.9 Å². The average Bonchev–Trinajstić information content (AvgIpc) is 3.30. The Bertz CT molecular complexity index is 1800. The second-order valence-electron chi connectivity index (χ2n) is 23.8. The van der Waals surface area contributed by atoms with Gasteiger partial charge in [-0.2, -0.15) is 0 Å². The molecule has 392 valence electrons. The first-order valence-electron chi connectivity index (χ1n) is 24.9. The smallest absolute Gasteiger partial charge is 0.187 e. The van der Waals surface area contributed by atoms with Gasteiger partial charge in [-0.05, 0) is 91.8 Å². The van der Waals surface area contributed by atoms with E-state index in [2.05, 4.69) is 40.7 Å². The van der Waals surface area contributed by atoms with Gasteiger partial charge in [-0.3, -0.25) is 0 Å². The van der Waals surface area contributed by atoms with Gasteiger partial charge in [0.1, 0.15) is 67.1 Å². The first-order chi connectivity index (χ1) is 31.9. The monoisotopic (exact) mass is 975 g/mol. The SMILES string of the molecule is CO[C@@H]1C=C2[C@H]3CC(C)(C)CC[C@]3(CO)[C@@H](O)C[C@@]2(C)[C@]2(C)CC[C@H]3[C@](C)(CO)[C@@H](O[C@@H]4O[C@H](C)[C@H](O)[C@H](O[C@@H]5O[C@H](CO)[C@@H](O)[C@H](O)[C@H]5O)[C@H]4O[C@@H]4O[C@H](CO)[C@@H](O)[C@H](O)[C@H]4O)CC[C@]3(C)[C@@H]12. The van der Waals surface area contributed by atoms with Gasteiger partial charge in [0, 0.05) is 23.9 Å². The first kappa shape index (κ1) is 53.3. The van der Waals surface area contributed by atoms with E-state index in [9.17, 15) is 61.3 Å². The van der Waals surface area contributed by atoms with Gasteiger partial charge in [-0.25, -0.2) is 0 Å². The molecule has 0 aromatic rings. The van der Waals surface area contributed by atoms with Crippen molar-refractivity contribution in [1.29, 1.82) is 0 Å². The molecule has 3 aliphatic heterocycles. The Morgan fingerprint density at radius 1 is 0.618 bits per heavy atom. The van der Waals surface area contributed by atoms with Crippen LogP contribution < -0.4 is 0 Å². The molecule has 26 atom stereocenters. The Morgan fingerprint density at radius 2 is 1.21 bits per heavy atom. The summed E-state index contributed by atoms with van der Waals surface area (Å²) >= 11 is 0. The summed E-state index contributed by atoms with van der Waals surface area (Å²) in [6.07, 6.45) is -18.5. The van der Waals surface area contributed by atoms with Crippen LogP contribution in [0.15, 0.2) is 11.6 Å². The van der Waals surface area contributed by atoms with Gasteiger partial charge in [0.2, 0.25) is 0 Å². The van der Waals surface area contributed by atoms with E-state index in [1.165, 1.54) is 12.5 Å². The fraction of sp³-hybridized carbons (Fsp3) is 0.959. The summed E-state index contributed by atoms with van der Waals surface area (Å²) in [5.41, 5.74) is -1.53. The van der Waals surface area contributed by atoms with Crippen molar-refractivity contribution < 1.29 is 94.4 Å². The van der Waals surface area contributed by atoms with Crippen LogP contribution in [0.4, 0.5) is 0 Å². The predicted octanol–water partition coefficient (Wildman–Crippen LogP) is -0.790. The molecule has 12 N–H and O–H groups in total. The fourth-order valence-corrected chi connectivity index (χ4v) is 15.5. The van der Waals surface area contributed by atoms with Crippen molar-refractivity contribution in [1.82, 2.24) is 0 Å². The Kier molecular flexibility index (Phi) is 14.9. The van der Waals surface area contributed by atoms with Crippen molar-refractivity contribution in [2.24, 2.45) is 50.2 Å². The lowest BCUT2D eigenvalue weighted by Crippen LogP contribution is -2.70. The van der Waals surface area contributed by atoms with Crippen LogP contribution in [0.5, 0.6) is 0 Å². The van der Waals surface area contributed by atoms with Crippen LogP contribution in [0.25, 0.3) is 0 Å². The van der Waals surface area contributed by atoms with Crippen molar-refractivity contribution in [3.8, 4) is 0 Å². The molecule has 7 fully saturated rings.